The second-order valence-corrected chi connectivity index (χ2v) is 5.09. The molecule has 0 saturated heterocycles. The smallest absolute Gasteiger partial charge is 0.260 e. The number of hydrogen-bond acceptors (Lipinski definition) is 5. The first kappa shape index (κ1) is 12.1. The lowest BCUT2D eigenvalue weighted by Gasteiger charge is -2.05. The normalized spacial score (nSPS) is 10.8. The van der Waals surface area contributed by atoms with E-state index < -0.39 is 0 Å². The van der Waals surface area contributed by atoms with Crippen molar-refractivity contribution in [1.29, 1.82) is 0 Å². The van der Waals surface area contributed by atoms with E-state index in [2.05, 4.69) is 19.9 Å². The minimum absolute atomic E-state index is 0.253. The molecule has 0 aliphatic carbocycles. The van der Waals surface area contributed by atoms with Crippen LogP contribution in [0.1, 0.15) is 0 Å². The molecule has 0 bridgehead atoms. The van der Waals surface area contributed by atoms with Crippen molar-refractivity contribution < 1.29 is 0 Å². The zero-order valence-electron chi connectivity index (χ0n) is 9.50. The fraction of sp³-hybridized carbons (Fsp3) is 0. The Bertz CT molecular complexity index is 791. The van der Waals surface area contributed by atoms with Gasteiger partial charge in [-0.05, 0) is 12.1 Å². The average Bonchev–Trinajstić information content (AvgIpc) is 2.43. The molecule has 19 heavy (non-hydrogen) atoms. The van der Waals surface area contributed by atoms with E-state index in [0.717, 1.165) is 4.90 Å². The molecular formula is C12H7ClN4OS. The number of hydrogen-bond donors (Lipinski definition) is 1. The van der Waals surface area contributed by atoms with Crippen molar-refractivity contribution >= 4 is 34.3 Å². The Kier molecular flexibility index (Phi) is 3.18. The van der Waals surface area contributed by atoms with Gasteiger partial charge < -0.3 is 4.98 Å². The highest BCUT2D eigenvalue weighted by Crippen LogP contribution is 2.34. The highest BCUT2D eigenvalue weighted by atomic mass is 35.5. The maximum atomic E-state index is 11.8. The van der Waals surface area contributed by atoms with Crippen LogP contribution in [0.15, 0.2) is 51.8 Å². The van der Waals surface area contributed by atoms with Crippen LogP contribution in [0.2, 0.25) is 5.02 Å². The summed E-state index contributed by atoms with van der Waals surface area (Å²) in [5.74, 6) is 0. The van der Waals surface area contributed by atoms with E-state index in [1.807, 2.05) is 6.07 Å². The Hall–Kier alpha value is -1.92. The maximum absolute atomic E-state index is 11.8. The van der Waals surface area contributed by atoms with Crippen LogP contribution in [-0.4, -0.2) is 19.9 Å². The number of halogens is 1. The van der Waals surface area contributed by atoms with Crippen molar-refractivity contribution in [3.05, 3.63) is 52.4 Å². The van der Waals surface area contributed by atoms with Crippen LogP contribution in [0.3, 0.4) is 0 Å². The molecule has 5 nitrogen and oxygen atoms in total. The van der Waals surface area contributed by atoms with Gasteiger partial charge in [0.1, 0.15) is 5.03 Å². The first-order valence-corrected chi connectivity index (χ1v) is 6.55. The summed E-state index contributed by atoms with van der Waals surface area (Å²) in [7, 11) is 0. The topological polar surface area (TPSA) is 71.5 Å². The molecule has 0 amide bonds. The van der Waals surface area contributed by atoms with E-state index in [-0.39, 0.29) is 5.56 Å². The van der Waals surface area contributed by atoms with E-state index in [4.69, 9.17) is 11.6 Å². The molecule has 0 spiro atoms. The molecule has 2 aromatic heterocycles. The number of rotatable bonds is 2. The lowest BCUT2D eigenvalue weighted by atomic mass is 10.2. The summed E-state index contributed by atoms with van der Waals surface area (Å²) in [4.78, 5) is 27.3. The maximum Gasteiger partial charge on any atom is 0.260 e. The van der Waals surface area contributed by atoms with Crippen LogP contribution in [0.4, 0.5) is 0 Å². The number of aromatic amines is 1. The molecule has 1 N–H and O–H groups in total. The predicted molar refractivity (Wildman–Crippen MR) is 73.5 cm³/mol. The van der Waals surface area contributed by atoms with E-state index >= 15 is 0 Å². The summed E-state index contributed by atoms with van der Waals surface area (Å²) in [6, 6.07) is 3.58. The van der Waals surface area contributed by atoms with E-state index in [0.29, 0.717) is 21.0 Å². The van der Waals surface area contributed by atoms with Crippen molar-refractivity contribution in [1.82, 2.24) is 19.9 Å². The second kappa shape index (κ2) is 4.99. The molecule has 3 rings (SSSR count). The standard InChI is InChI=1S/C12H7ClN4OS/c13-11-8(19-9-5-14-3-4-15-9)2-1-7-10(11)12(18)17-6-16-7/h1-6H,(H,16,17,18). The number of nitrogens with zero attached hydrogens (tertiary/aromatic N) is 3. The van der Waals surface area contributed by atoms with Gasteiger partial charge in [-0.2, -0.15) is 0 Å². The number of fused-ring (bicyclic) bond motifs is 1. The van der Waals surface area contributed by atoms with E-state index in [1.54, 1.807) is 24.7 Å². The van der Waals surface area contributed by atoms with Crippen LogP contribution in [-0.2, 0) is 0 Å². The Morgan fingerprint density at radius 2 is 2.11 bits per heavy atom. The third kappa shape index (κ3) is 2.32. The average molecular weight is 291 g/mol. The van der Waals surface area contributed by atoms with Gasteiger partial charge in [-0.1, -0.05) is 23.4 Å². The van der Waals surface area contributed by atoms with E-state index in [9.17, 15) is 4.79 Å². The van der Waals surface area contributed by atoms with Gasteiger partial charge in [-0.3, -0.25) is 9.78 Å². The molecule has 0 atom stereocenters. The fourth-order valence-corrected chi connectivity index (χ4v) is 2.77. The van der Waals surface area contributed by atoms with Gasteiger partial charge in [0.05, 0.1) is 28.4 Å². The lowest BCUT2D eigenvalue weighted by Crippen LogP contribution is -2.07. The predicted octanol–water partition coefficient (Wildman–Crippen LogP) is 2.52. The molecule has 0 saturated carbocycles. The van der Waals surface area contributed by atoms with Gasteiger partial charge in [0, 0.05) is 17.3 Å². The Morgan fingerprint density at radius 3 is 2.89 bits per heavy atom. The summed E-state index contributed by atoms with van der Waals surface area (Å²) in [5.41, 5.74) is 0.314. The Balaban J connectivity index is 2.13. The number of H-pyrrole nitrogens is 1. The lowest BCUT2D eigenvalue weighted by molar-refractivity contribution is 1.05. The number of benzene rings is 1. The zero-order chi connectivity index (χ0) is 13.2. The first-order chi connectivity index (χ1) is 9.25. The van der Waals surface area contributed by atoms with Gasteiger partial charge >= 0.3 is 0 Å². The van der Waals surface area contributed by atoms with Crippen molar-refractivity contribution in [3.63, 3.8) is 0 Å². The highest BCUT2D eigenvalue weighted by Gasteiger charge is 2.11. The van der Waals surface area contributed by atoms with Crippen molar-refractivity contribution in [2.45, 2.75) is 9.92 Å². The summed E-state index contributed by atoms with van der Waals surface area (Å²) in [5, 5.41) is 1.48. The molecule has 0 radical (unpaired) electrons. The molecule has 1 aromatic carbocycles. The van der Waals surface area contributed by atoms with Crippen LogP contribution in [0.25, 0.3) is 10.9 Å². The minimum Gasteiger partial charge on any atom is -0.313 e. The van der Waals surface area contributed by atoms with Crippen molar-refractivity contribution in [2.75, 3.05) is 0 Å². The molecule has 0 aliphatic heterocycles. The van der Waals surface area contributed by atoms with Gasteiger partial charge in [0.15, 0.2) is 0 Å². The second-order valence-electron chi connectivity index (χ2n) is 3.65. The largest absolute Gasteiger partial charge is 0.313 e. The Labute approximate surface area is 117 Å². The van der Waals surface area contributed by atoms with Crippen molar-refractivity contribution in [3.8, 4) is 0 Å². The van der Waals surface area contributed by atoms with Gasteiger partial charge in [-0.15, -0.1) is 0 Å². The van der Waals surface area contributed by atoms with Crippen LogP contribution < -0.4 is 5.56 Å². The summed E-state index contributed by atoms with van der Waals surface area (Å²) < 4.78 is 0. The number of nitrogens with one attached hydrogen (secondary N) is 1. The van der Waals surface area contributed by atoms with Crippen LogP contribution in [0, 0.1) is 0 Å². The molecule has 0 fully saturated rings. The van der Waals surface area contributed by atoms with Crippen molar-refractivity contribution in [2.24, 2.45) is 0 Å². The summed E-state index contributed by atoms with van der Waals surface area (Å²) in [6.45, 7) is 0. The third-order valence-corrected chi connectivity index (χ3v) is 3.95. The fourth-order valence-electron chi connectivity index (χ4n) is 1.63. The van der Waals surface area contributed by atoms with E-state index in [1.165, 1.54) is 18.1 Å². The van der Waals surface area contributed by atoms with Gasteiger partial charge in [0.25, 0.3) is 5.56 Å². The van der Waals surface area contributed by atoms with Gasteiger partial charge in [0.2, 0.25) is 0 Å². The third-order valence-electron chi connectivity index (χ3n) is 2.46. The first-order valence-electron chi connectivity index (χ1n) is 5.35. The highest BCUT2D eigenvalue weighted by molar-refractivity contribution is 7.99. The minimum atomic E-state index is -0.253. The monoisotopic (exact) mass is 290 g/mol. The molecular weight excluding hydrogens is 284 g/mol. The SMILES string of the molecule is O=c1[nH]cnc2ccc(Sc3cnccn3)c(Cl)c12. The van der Waals surface area contributed by atoms with Crippen LogP contribution >= 0.6 is 23.4 Å². The molecule has 2 heterocycles. The molecule has 3 aromatic rings. The zero-order valence-corrected chi connectivity index (χ0v) is 11.1. The quantitative estimate of drug-likeness (QED) is 0.785. The molecule has 7 heteroatoms. The molecule has 0 aliphatic rings. The summed E-state index contributed by atoms with van der Waals surface area (Å²) >= 11 is 7.62. The summed E-state index contributed by atoms with van der Waals surface area (Å²) in [6.07, 6.45) is 6.20. The number of aromatic nitrogens is 4. The molecule has 94 valence electrons. The molecule has 0 unspecified atom stereocenters. The van der Waals surface area contributed by atoms with Gasteiger partial charge in [-0.25, -0.2) is 9.97 Å². The Morgan fingerprint density at radius 1 is 1.21 bits per heavy atom. The van der Waals surface area contributed by atoms with Crippen LogP contribution in [0.5, 0.6) is 0 Å².